The van der Waals surface area contributed by atoms with Gasteiger partial charge in [0.05, 0.1) is 23.5 Å². The van der Waals surface area contributed by atoms with Gasteiger partial charge in [-0.25, -0.2) is 9.78 Å². The number of aromatic nitrogens is 3. The lowest BCUT2D eigenvalue weighted by atomic mass is 10.2. The molecule has 1 fully saturated rings. The Morgan fingerprint density at radius 1 is 1.36 bits per heavy atom. The molecular weight excluding hydrogens is 340 g/mol. The molecule has 0 unspecified atom stereocenters. The number of hydrogen-bond acceptors (Lipinski definition) is 7. The van der Waals surface area contributed by atoms with Crippen molar-refractivity contribution in [3.63, 3.8) is 0 Å². The van der Waals surface area contributed by atoms with Gasteiger partial charge in [0.1, 0.15) is 0 Å². The summed E-state index contributed by atoms with van der Waals surface area (Å²) in [6.45, 7) is 6.85. The Hall–Kier alpha value is -2.26. The van der Waals surface area contributed by atoms with Gasteiger partial charge in [-0.2, -0.15) is 5.10 Å². The maximum absolute atomic E-state index is 12.2. The van der Waals surface area contributed by atoms with Crippen molar-refractivity contribution in [3.8, 4) is 0 Å². The third-order valence-corrected chi connectivity index (χ3v) is 4.82. The topological polar surface area (TPSA) is 103 Å². The molecule has 0 bridgehead atoms. The number of aliphatic hydroxyl groups is 1. The first-order valence-electron chi connectivity index (χ1n) is 8.18. The summed E-state index contributed by atoms with van der Waals surface area (Å²) in [5, 5.41) is 26.4. The van der Waals surface area contributed by atoms with Crippen molar-refractivity contribution in [1.82, 2.24) is 20.5 Å². The standard InChI is InChI=1S/C16H22N6O2S/c1-9(2)12-8-25-16(18-12)19-15(24)17-11-6-22(7-13(11)23)14-5-4-10(3)20-21-14/h4-5,8-9,11,13,23H,6-7H2,1-3H3,(H2,17,18,19,24)/t11-,13-/m0/s1. The summed E-state index contributed by atoms with van der Waals surface area (Å²) in [6, 6.07) is 2.98. The molecule has 0 radical (unpaired) electrons. The van der Waals surface area contributed by atoms with E-state index in [1.165, 1.54) is 11.3 Å². The molecule has 3 rings (SSSR count). The molecule has 2 atom stereocenters. The Morgan fingerprint density at radius 3 is 2.80 bits per heavy atom. The highest BCUT2D eigenvalue weighted by Crippen LogP contribution is 2.22. The van der Waals surface area contributed by atoms with Gasteiger partial charge in [0.15, 0.2) is 10.9 Å². The molecule has 134 valence electrons. The Kier molecular flexibility index (Phi) is 5.14. The zero-order valence-electron chi connectivity index (χ0n) is 14.4. The van der Waals surface area contributed by atoms with Gasteiger partial charge in [0.25, 0.3) is 0 Å². The van der Waals surface area contributed by atoms with E-state index in [1.54, 1.807) is 0 Å². The number of aryl methyl sites for hydroxylation is 1. The lowest BCUT2D eigenvalue weighted by molar-refractivity contribution is 0.165. The second-order valence-electron chi connectivity index (χ2n) is 6.44. The van der Waals surface area contributed by atoms with Crippen LogP contribution in [0.4, 0.5) is 15.7 Å². The molecule has 0 saturated carbocycles. The largest absolute Gasteiger partial charge is 0.389 e. The van der Waals surface area contributed by atoms with Crippen molar-refractivity contribution in [1.29, 1.82) is 0 Å². The molecule has 3 heterocycles. The summed E-state index contributed by atoms with van der Waals surface area (Å²) >= 11 is 1.39. The highest BCUT2D eigenvalue weighted by molar-refractivity contribution is 7.13. The molecule has 0 aromatic carbocycles. The molecule has 2 aromatic rings. The number of urea groups is 1. The fourth-order valence-electron chi connectivity index (χ4n) is 2.59. The Morgan fingerprint density at radius 2 is 2.16 bits per heavy atom. The van der Waals surface area contributed by atoms with E-state index in [0.717, 1.165) is 11.4 Å². The molecule has 2 amide bonds. The fraction of sp³-hybridized carbons (Fsp3) is 0.500. The third-order valence-electron chi connectivity index (χ3n) is 4.05. The van der Waals surface area contributed by atoms with Gasteiger partial charge in [-0.3, -0.25) is 5.32 Å². The van der Waals surface area contributed by atoms with Gasteiger partial charge in [0.2, 0.25) is 0 Å². The van der Waals surface area contributed by atoms with E-state index < -0.39 is 6.10 Å². The van der Waals surface area contributed by atoms with Crippen LogP contribution in [0.15, 0.2) is 17.5 Å². The lowest BCUT2D eigenvalue weighted by Gasteiger charge is -2.17. The maximum Gasteiger partial charge on any atom is 0.321 e. The Bertz CT molecular complexity index is 732. The normalized spacial score (nSPS) is 20.1. The van der Waals surface area contributed by atoms with Crippen LogP contribution < -0.4 is 15.5 Å². The predicted octanol–water partition coefficient (Wildman–Crippen LogP) is 1.74. The van der Waals surface area contributed by atoms with Crippen LogP contribution >= 0.6 is 11.3 Å². The second kappa shape index (κ2) is 7.32. The number of β-amino-alcohol motifs (C(OH)–C–C–N with tert-alkyl or cyclic N) is 1. The van der Waals surface area contributed by atoms with Gasteiger partial charge >= 0.3 is 6.03 Å². The number of anilines is 2. The molecule has 0 aliphatic carbocycles. The molecule has 1 aliphatic heterocycles. The van der Waals surface area contributed by atoms with Crippen LogP contribution in [0.25, 0.3) is 0 Å². The molecule has 1 aliphatic rings. The van der Waals surface area contributed by atoms with Crippen LogP contribution in [0.2, 0.25) is 0 Å². The monoisotopic (exact) mass is 362 g/mol. The molecule has 0 spiro atoms. The maximum atomic E-state index is 12.2. The first-order valence-corrected chi connectivity index (χ1v) is 9.06. The Balaban J connectivity index is 1.56. The van der Waals surface area contributed by atoms with Crippen LogP contribution in [0.3, 0.4) is 0 Å². The number of amides is 2. The molecule has 2 aromatic heterocycles. The third kappa shape index (κ3) is 4.23. The van der Waals surface area contributed by atoms with Crippen molar-refractivity contribution in [2.24, 2.45) is 0 Å². The number of hydrogen-bond donors (Lipinski definition) is 3. The first kappa shape index (κ1) is 17.6. The summed E-state index contributed by atoms with van der Waals surface area (Å²) < 4.78 is 0. The first-order chi connectivity index (χ1) is 11.9. The number of carbonyl (C=O) groups is 1. The molecule has 1 saturated heterocycles. The average Bonchev–Trinajstić information content (AvgIpc) is 3.16. The molecular formula is C16H22N6O2S. The average molecular weight is 362 g/mol. The summed E-state index contributed by atoms with van der Waals surface area (Å²) in [5.74, 6) is 1.01. The highest BCUT2D eigenvalue weighted by Gasteiger charge is 2.33. The zero-order chi connectivity index (χ0) is 18.0. The van der Waals surface area contributed by atoms with Crippen molar-refractivity contribution < 1.29 is 9.90 Å². The van der Waals surface area contributed by atoms with Crippen molar-refractivity contribution in [2.45, 2.75) is 38.8 Å². The van der Waals surface area contributed by atoms with Crippen LogP contribution in [0.5, 0.6) is 0 Å². The minimum Gasteiger partial charge on any atom is -0.389 e. The van der Waals surface area contributed by atoms with E-state index >= 15 is 0 Å². The minimum absolute atomic E-state index is 0.315. The van der Waals surface area contributed by atoms with E-state index in [9.17, 15) is 9.90 Å². The van der Waals surface area contributed by atoms with E-state index in [4.69, 9.17) is 0 Å². The number of thiazole rings is 1. The summed E-state index contributed by atoms with van der Waals surface area (Å²) in [5.41, 5.74) is 1.78. The number of nitrogens with one attached hydrogen (secondary N) is 2. The van der Waals surface area contributed by atoms with Crippen LogP contribution in [-0.4, -0.2) is 51.6 Å². The quantitative estimate of drug-likeness (QED) is 0.765. The van der Waals surface area contributed by atoms with E-state index in [2.05, 4.69) is 39.7 Å². The van der Waals surface area contributed by atoms with Crippen LogP contribution in [0.1, 0.15) is 31.2 Å². The number of carbonyl (C=O) groups excluding carboxylic acids is 1. The number of nitrogens with zero attached hydrogens (tertiary/aromatic N) is 4. The molecule has 3 N–H and O–H groups in total. The fourth-order valence-corrected chi connectivity index (χ4v) is 3.45. The van der Waals surface area contributed by atoms with Crippen molar-refractivity contribution in [2.75, 3.05) is 23.3 Å². The number of rotatable bonds is 4. The van der Waals surface area contributed by atoms with E-state index in [-0.39, 0.29) is 12.1 Å². The molecule has 8 nitrogen and oxygen atoms in total. The Labute approximate surface area is 150 Å². The smallest absolute Gasteiger partial charge is 0.321 e. The number of aliphatic hydroxyl groups excluding tert-OH is 1. The summed E-state index contributed by atoms with van der Waals surface area (Å²) in [4.78, 5) is 18.4. The minimum atomic E-state index is -0.670. The van der Waals surface area contributed by atoms with Crippen LogP contribution in [-0.2, 0) is 0 Å². The second-order valence-corrected chi connectivity index (χ2v) is 7.30. The van der Waals surface area contributed by atoms with Gasteiger partial charge in [-0.05, 0) is 25.0 Å². The lowest BCUT2D eigenvalue weighted by Crippen LogP contribution is -2.44. The predicted molar refractivity (Wildman–Crippen MR) is 97.1 cm³/mol. The molecule has 25 heavy (non-hydrogen) atoms. The van der Waals surface area contributed by atoms with Gasteiger partial charge in [0, 0.05) is 18.5 Å². The van der Waals surface area contributed by atoms with Gasteiger partial charge < -0.3 is 15.3 Å². The van der Waals surface area contributed by atoms with Crippen molar-refractivity contribution in [3.05, 3.63) is 28.9 Å². The van der Waals surface area contributed by atoms with Crippen LogP contribution in [0, 0.1) is 6.92 Å². The van der Waals surface area contributed by atoms with E-state index in [1.807, 2.05) is 29.3 Å². The van der Waals surface area contributed by atoms with Gasteiger partial charge in [-0.1, -0.05) is 13.8 Å². The van der Waals surface area contributed by atoms with E-state index in [0.29, 0.717) is 30.0 Å². The summed E-state index contributed by atoms with van der Waals surface area (Å²) in [6.07, 6.45) is -0.670. The van der Waals surface area contributed by atoms with Gasteiger partial charge in [-0.15, -0.1) is 16.4 Å². The highest BCUT2D eigenvalue weighted by atomic mass is 32.1. The SMILES string of the molecule is Cc1ccc(N2C[C@H](NC(=O)Nc3nc(C(C)C)cs3)[C@@H](O)C2)nn1. The summed E-state index contributed by atoms with van der Waals surface area (Å²) in [7, 11) is 0. The van der Waals surface area contributed by atoms with Crippen molar-refractivity contribution >= 4 is 28.3 Å². The molecule has 9 heteroatoms. The zero-order valence-corrected chi connectivity index (χ0v) is 15.2.